The summed E-state index contributed by atoms with van der Waals surface area (Å²) < 4.78 is 24.0. The van der Waals surface area contributed by atoms with Crippen LogP contribution >= 0.6 is 23.2 Å². The van der Waals surface area contributed by atoms with E-state index in [1.807, 2.05) is 5.32 Å². The number of nitrogens with one attached hydrogen (secondary N) is 2. The number of hydrogen-bond donors (Lipinski definition) is 2. The summed E-state index contributed by atoms with van der Waals surface area (Å²) in [6, 6.07) is 9.89. The van der Waals surface area contributed by atoms with Gasteiger partial charge in [-0.2, -0.15) is 0 Å². The summed E-state index contributed by atoms with van der Waals surface area (Å²) in [6.45, 7) is 0. The fraction of sp³-hybridized carbons (Fsp3) is 0.0476. The molecule has 0 spiro atoms. The van der Waals surface area contributed by atoms with Crippen LogP contribution in [-0.4, -0.2) is 30.0 Å². The number of amides is 3. The second-order valence-corrected chi connectivity index (χ2v) is 6.97. The lowest BCUT2D eigenvalue weighted by molar-refractivity contribution is 0.0727. The van der Waals surface area contributed by atoms with E-state index in [1.54, 1.807) is 0 Å². The van der Waals surface area contributed by atoms with Crippen LogP contribution < -0.4 is 20.1 Å². The number of benzene rings is 2. The number of esters is 1. The first-order valence-electron chi connectivity index (χ1n) is 8.86. The van der Waals surface area contributed by atoms with Crippen LogP contribution in [0.5, 0.6) is 11.6 Å². The third-order valence-electron chi connectivity index (χ3n) is 3.99. The Morgan fingerprint density at radius 3 is 2.50 bits per heavy atom. The van der Waals surface area contributed by atoms with E-state index in [-0.39, 0.29) is 27.9 Å². The molecule has 3 amide bonds. The maximum absolute atomic E-state index is 13.9. The zero-order valence-electron chi connectivity index (χ0n) is 16.3. The molecule has 0 saturated heterocycles. The molecule has 0 saturated carbocycles. The van der Waals surface area contributed by atoms with Crippen molar-refractivity contribution < 1.29 is 28.2 Å². The molecule has 11 heteroatoms. The van der Waals surface area contributed by atoms with Gasteiger partial charge >= 0.3 is 12.0 Å². The summed E-state index contributed by atoms with van der Waals surface area (Å²) in [4.78, 5) is 40.4. The highest BCUT2D eigenvalue weighted by Crippen LogP contribution is 2.23. The van der Waals surface area contributed by atoms with Gasteiger partial charge in [-0.3, -0.25) is 10.1 Å². The van der Waals surface area contributed by atoms with Crippen LogP contribution in [0.1, 0.15) is 20.7 Å². The van der Waals surface area contributed by atoms with E-state index in [1.165, 1.54) is 55.8 Å². The van der Waals surface area contributed by atoms with Crippen molar-refractivity contribution in [2.75, 3.05) is 12.4 Å². The van der Waals surface area contributed by atoms with Gasteiger partial charge in [0.2, 0.25) is 5.88 Å². The van der Waals surface area contributed by atoms with Crippen LogP contribution in [-0.2, 0) is 0 Å². The molecular formula is C21H14Cl2FN3O5. The molecule has 8 nitrogen and oxygen atoms in total. The number of aromatic nitrogens is 1. The van der Waals surface area contributed by atoms with Crippen molar-refractivity contribution in [2.24, 2.45) is 0 Å². The van der Waals surface area contributed by atoms with Gasteiger partial charge < -0.3 is 14.8 Å². The third-order valence-corrected chi connectivity index (χ3v) is 4.54. The number of ether oxygens (including phenoxy) is 2. The minimum atomic E-state index is -0.990. The maximum Gasteiger partial charge on any atom is 0.346 e. The average molecular weight is 478 g/mol. The predicted octanol–water partition coefficient (Wildman–Crippen LogP) is 4.72. The fourth-order valence-electron chi connectivity index (χ4n) is 2.54. The molecule has 1 heterocycles. The number of halogens is 3. The fourth-order valence-corrected chi connectivity index (χ4v) is 3.03. The standard InChI is InChI=1S/C21H14Cl2FN3O5/c1-31-16-4-2-3-15(24)18(16)19(28)27-21(30)26-12-6-8-17(25-10-12)32-20(29)13-7-5-11(22)9-14(13)23/h2-10H,1H3,(H2,26,27,28,30). The molecule has 2 aromatic carbocycles. The zero-order valence-corrected chi connectivity index (χ0v) is 17.8. The zero-order chi connectivity index (χ0) is 23.3. The lowest BCUT2D eigenvalue weighted by atomic mass is 10.1. The first-order valence-corrected chi connectivity index (χ1v) is 9.62. The van der Waals surface area contributed by atoms with Gasteiger partial charge in [0.1, 0.15) is 17.1 Å². The van der Waals surface area contributed by atoms with Gasteiger partial charge in [-0.1, -0.05) is 29.3 Å². The van der Waals surface area contributed by atoms with Gasteiger partial charge in [-0.05, 0) is 36.4 Å². The van der Waals surface area contributed by atoms with Gasteiger partial charge in [0.25, 0.3) is 5.91 Å². The minimum absolute atomic E-state index is 0.0241. The molecule has 0 radical (unpaired) electrons. The Hall–Kier alpha value is -3.69. The van der Waals surface area contributed by atoms with Crippen molar-refractivity contribution in [2.45, 2.75) is 0 Å². The normalized spacial score (nSPS) is 10.2. The van der Waals surface area contributed by atoms with E-state index in [0.717, 1.165) is 6.07 Å². The Morgan fingerprint density at radius 1 is 1.06 bits per heavy atom. The number of hydrogen-bond acceptors (Lipinski definition) is 6. The summed E-state index contributed by atoms with van der Waals surface area (Å²) in [5, 5.41) is 4.83. The van der Waals surface area contributed by atoms with Crippen molar-refractivity contribution in [1.29, 1.82) is 0 Å². The molecule has 1 aromatic heterocycles. The number of carbonyl (C=O) groups is 3. The highest BCUT2D eigenvalue weighted by Gasteiger charge is 2.20. The monoisotopic (exact) mass is 477 g/mol. The van der Waals surface area contributed by atoms with Crippen molar-refractivity contribution in [3.63, 3.8) is 0 Å². The van der Waals surface area contributed by atoms with E-state index in [2.05, 4.69) is 10.3 Å². The van der Waals surface area contributed by atoms with E-state index >= 15 is 0 Å². The summed E-state index contributed by atoms with van der Waals surface area (Å²) in [7, 11) is 1.27. The second-order valence-electron chi connectivity index (χ2n) is 6.12. The maximum atomic E-state index is 13.9. The molecule has 0 atom stereocenters. The molecule has 0 fully saturated rings. The van der Waals surface area contributed by atoms with Gasteiger partial charge in [0, 0.05) is 11.1 Å². The van der Waals surface area contributed by atoms with Gasteiger partial charge in [-0.15, -0.1) is 0 Å². The Morgan fingerprint density at radius 2 is 1.84 bits per heavy atom. The van der Waals surface area contributed by atoms with Crippen LogP contribution in [0.4, 0.5) is 14.9 Å². The minimum Gasteiger partial charge on any atom is -0.496 e. The first kappa shape index (κ1) is 23.0. The number of rotatable bonds is 5. The van der Waals surface area contributed by atoms with Crippen LogP contribution in [0.2, 0.25) is 10.0 Å². The van der Waals surface area contributed by atoms with Crippen molar-refractivity contribution in [1.82, 2.24) is 10.3 Å². The van der Waals surface area contributed by atoms with E-state index in [0.29, 0.717) is 5.02 Å². The van der Waals surface area contributed by atoms with Crippen molar-refractivity contribution in [3.05, 3.63) is 81.7 Å². The van der Waals surface area contributed by atoms with Gasteiger partial charge in [0.15, 0.2) is 0 Å². The van der Waals surface area contributed by atoms with Gasteiger partial charge in [0.05, 0.1) is 29.6 Å². The van der Waals surface area contributed by atoms with E-state index in [9.17, 15) is 18.8 Å². The highest BCUT2D eigenvalue weighted by atomic mass is 35.5. The average Bonchev–Trinajstić information content (AvgIpc) is 2.74. The lowest BCUT2D eigenvalue weighted by Gasteiger charge is -2.10. The van der Waals surface area contributed by atoms with Crippen LogP contribution in [0.15, 0.2) is 54.7 Å². The molecule has 164 valence electrons. The number of imide groups is 1. The summed E-state index contributed by atoms with van der Waals surface area (Å²) in [5.74, 6) is -2.66. The third kappa shape index (κ3) is 5.51. The Kier molecular flexibility index (Phi) is 7.24. The quantitative estimate of drug-likeness (QED) is 0.515. The van der Waals surface area contributed by atoms with Crippen LogP contribution in [0.25, 0.3) is 0 Å². The topological polar surface area (TPSA) is 107 Å². The van der Waals surface area contributed by atoms with E-state index < -0.39 is 29.3 Å². The SMILES string of the molecule is COc1cccc(F)c1C(=O)NC(=O)Nc1ccc(OC(=O)c2ccc(Cl)cc2Cl)nc1. The number of nitrogens with zero attached hydrogens (tertiary/aromatic N) is 1. The van der Waals surface area contributed by atoms with Crippen molar-refractivity contribution >= 4 is 46.8 Å². The molecule has 2 N–H and O–H groups in total. The van der Waals surface area contributed by atoms with E-state index in [4.69, 9.17) is 32.7 Å². The molecule has 0 bridgehead atoms. The van der Waals surface area contributed by atoms with Crippen LogP contribution in [0.3, 0.4) is 0 Å². The Labute approximate surface area is 191 Å². The lowest BCUT2D eigenvalue weighted by Crippen LogP contribution is -2.35. The molecule has 0 aliphatic carbocycles. The Bertz CT molecular complexity index is 1190. The summed E-state index contributed by atoms with van der Waals surface area (Å²) in [6.07, 6.45) is 1.19. The molecule has 3 rings (SSSR count). The first-order chi connectivity index (χ1) is 15.3. The van der Waals surface area contributed by atoms with Gasteiger partial charge in [-0.25, -0.2) is 19.0 Å². The number of methoxy groups -OCH3 is 1. The number of carbonyl (C=O) groups excluding carboxylic acids is 3. The van der Waals surface area contributed by atoms with Crippen LogP contribution in [0, 0.1) is 5.82 Å². The molecule has 0 aliphatic heterocycles. The summed E-state index contributed by atoms with van der Waals surface area (Å²) >= 11 is 11.8. The molecule has 32 heavy (non-hydrogen) atoms. The highest BCUT2D eigenvalue weighted by molar-refractivity contribution is 6.36. The number of anilines is 1. The number of pyridine rings is 1. The Balaban J connectivity index is 1.61. The summed E-state index contributed by atoms with van der Waals surface area (Å²) in [5.41, 5.74) is -0.131. The predicted molar refractivity (Wildman–Crippen MR) is 115 cm³/mol. The molecule has 3 aromatic rings. The largest absolute Gasteiger partial charge is 0.496 e. The second kappa shape index (κ2) is 10.1. The smallest absolute Gasteiger partial charge is 0.346 e. The molecule has 0 unspecified atom stereocenters. The molecular weight excluding hydrogens is 464 g/mol. The number of urea groups is 1. The van der Waals surface area contributed by atoms with Crippen molar-refractivity contribution in [3.8, 4) is 11.6 Å². The molecule has 0 aliphatic rings.